The van der Waals surface area contributed by atoms with Gasteiger partial charge in [0.25, 0.3) is 0 Å². The van der Waals surface area contributed by atoms with E-state index in [1.54, 1.807) is 12.1 Å². The Morgan fingerprint density at radius 1 is 1.29 bits per heavy atom. The molecular weight excluding hydrogens is 177 g/mol. The molecule has 1 aromatic carbocycles. The summed E-state index contributed by atoms with van der Waals surface area (Å²) in [6.07, 6.45) is 2.32. The summed E-state index contributed by atoms with van der Waals surface area (Å²) in [6.45, 7) is 1.06. The third-order valence-corrected chi connectivity index (χ3v) is 2.30. The fourth-order valence-corrected chi connectivity index (χ4v) is 1.51. The Morgan fingerprint density at radius 3 is 2.71 bits per heavy atom. The second-order valence-electron chi connectivity index (χ2n) is 3.43. The fraction of sp³-hybridized carbons (Fsp3) is 0.333. The van der Waals surface area contributed by atoms with Crippen LogP contribution in [-0.2, 0) is 0 Å². The summed E-state index contributed by atoms with van der Waals surface area (Å²) >= 11 is 0. The molecule has 1 aromatic rings. The molecule has 1 N–H and O–H groups in total. The van der Waals surface area contributed by atoms with Gasteiger partial charge in [-0.15, -0.1) is 0 Å². The quantitative estimate of drug-likeness (QED) is 0.615. The van der Waals surface area contributed by atoms with E-state index in [0.717, 1.165) is 18.5 Å². The standard InChI is InChI=1S/C12H12FN/c13-11-6-3-10(4-7-11)5-8-12-2-1-9-14-12/h3-4,6-7,12,14H,1-2,9H2. The average molecular weight is 189 g/mol. The zero-order valence-corrected chi connectivity index (χ0v) is 7.89. The van der Waals surface area contributed by atoms with Gasteiger partial charge in [-0.25, -0.2) is 4.39 Å². The molecule has 14 heavy (non-hydrogen) atoms. The van der Waals surface area contributed by atoms with Crippen LogP contribution in [0, 0.1) is 17.7 Å². The van der Waals surface area contributed by atoms with E-state index in [1.807, 2.05) is 0 Å². The lowest BCUT2D eigenvalue weighted by atomic mass is 10.2. The van der Waals surface area contributed by atoms with E-state index in [2.05, 4.69) is 17.2 Å². The lowest BCUT2D eigenvalue weighted by Crippen LogP contribution is -2.18. The van der Waals surface area contributed by atoms with Crippen molar-refractivity contribution in [2.45, 2.75) is 18.9 Å². The van der Waals surface area contributed by atoms with Crippen LogP contribution >= 0.6 is 0 Å². The molecule has 1 saturated heterocycles. The molecule has 0 bridgehead atoms. The van der Waals surface area contributed by atoms with Gasteiger partial charge >= 0.3 is 0 Å². The van der Waals surface area contributed by atoms with Crippen LogP contribution in [0.4, 0.5) is 4.39 Å². The second kappa shape index (κ2) is 4.26. The lowest BCUT2D eigenvalue weighted by Gasteiger charge is -1.97. The molecule has 0 radical (unpaired) electrons. The molecule has 2 rings (SSSR count). The summed E-state index contributed by atoms with van der Waals surface area (Å²) < 4.78 is 12.6. The monoisotopic (exact) mass is 189 g/mol. The van der Waals surface area contributed by atoms with E-state index in [0.29, 0.717) is 6.04 Å². The Balaban J connectivity index is 2.05. The highest BCUT2D eigenvalue weighted by Crippen LogP contribution is 2.04. The Hall–Kier alpha value is -1.33. The van der Waals surface area contributed by atoms with Crippen molar-refractivity contribution in [3.63, 3.8) is 0 Å². The maximum absolute atomic E-state index is 12.6. The summed E-state index contributed by atoms with van der Waals surface area (Å²) in [4.78, 5) is 0. The van der Waals surface area contributed by atoms with Gasteiger partial charge in [-0.05, 0) is 43.7 Å². The third-order valence-electron chi connectivity index (χ3n) is 2.30. The van der Waals surface area contributed by atoms with Gasteiger partial charge in [0.05, 0.1) is 6.04 Å². The maximum Gasteiger partial charge on any atom is 0.123 e. The highest BCUT2D eigenvalue weighted by atomic mass is 19.1. The second-order valence-corrected chi connectivity index (χ2v) is 3.43. The Labute approximate surface area is 83.3 Å². The molecule has 1 aliphatic rings. The molecule has 1 atom stereocenters. The van der Waals surface area contributed by atoms with Gasteiger partial charge in [0.15, 0.2) is 0 Å². The highest BCUT2D eigenvalue weighted by molar-refractivity contribution is 5.35. The van der Waals surface area contributed by atoms with E-state index in [1.165, 1.54) is 18.6 Å². The summed E-state index contributed by atoms with van der Waals surface area (Å²) in [5, 5.41) is 3.29. The first kappa shape index (κ1) is 9.23. The van der Waals surface area contributed by atoms with Crippen molar-refractivity contribution in [3.8, 4) is 11.8 Å². The van der Waals surface area contributed by atoms with Crippen molar-refractivity contribution >= 4 is 0 Å². The molecule has 0 aliphatic carbocycles. The first-order valence-electron chi connectivity index (χ1n) is 4.85. The van der Waals surface area contributed by atoms with E-state index >= 15 is 0 Å². The maximum atomic E-state index is 12.6. The van der Waals surface area contributed by atoms with Crippen molar-refractivity contribution < 1.29 is 4.39 Å². The zero-order chi connectivity index (χ0) is 9.80. The number of benzene rings is 1. The molecule has 0 saturated carbocycles. The number of nitrogens with one attached hydrogen (secondary N) is 1. The van der Waals surface area contributed by atoms with Crippen molar-refractivity contribution in [2.24, 2.45) is 0 Å². The SMILES string of the molecule is Fc1ccc(C#CC2CCCN2)cc1. The van der Waals surface area contributed by atoms with Gasteiger partial charge in [-0.1, -0.05) is 11.8 Å². The van der Waals surface area contributed by atoms with Crippen molar-refractivity contribution in [1.29, 1.82) is 0 Å². The molecule has 2 heteroatoms. The van der Waals surface area contributed by atoms with Crippen LogP contribution < -0.4 is 5.32 Å². The predicted molar refractivity (Wildman–Crippen MR) is 54.3 cm³/mol. The highest BCUT2D eigenvalue weighted by Gasteiger charge is 2.09. The molecule has 0 spiro atoms. The average Bonchev–Trinajstić information content (AvgIpc) is 2.70. The molecular formula is C12H12FN. The molecule has 0 aromatic heterocycles. The van der Waals surface area contributed by atoms with E-state index in [9.17, 15) is 4.39 Å². The molecule has 1 unspecified atom stereocenters. The van der Waals surface area contributed by atoms with Crippen LogP contribution in [0.3, 0.4) is 0 Å². The van der Waals surface area contributed by atoms with E-state index in [4.69, 9.17) is 0 Å². The Morgan fingerprint density at radius 2 is 2.07 bits per heavy atom. The topological polar surface area (TPSA) is 12.0 Å². The minimum absolute atomic E-state index is 0.213. The lowest BCUT2D eigenvalue weighted by molar-refractivity contribution is 0.627. The van der Waals surface area contributed by atoms with Crippen LogP contribution in [0.1, 0.15) is 18.4 Å². The minimum Gasteiger partial charge on any atom is -0.304 e. The molecule has 1 fully saturated rings. The Bertz CT molecular complexity index is 352. The summed E-state index contributed by atoms with van der Waals surface area (Å²) in [5.41, 5.74) is 0.875. The largest absolute Gasteiger partial charge is 0.304 e. The van der Waals surface area contributed by atoms with Gasteiger partial charge in [0.1, 0.15) is 5.82 Å². The molecule has 72 valence electrons. The molecule has 0 amide bonds. The summed E-state index contributed by atoms with van der Waals surface area (Å²) in [6, 6.07) is 6.60. The van der Waals surface area contributed by atoms with Crippen molar-refractivity contribution in [1.82, 2.24) is 5.32 Å². The summed E-state index contributed by atoms with van der Waals surface area (Å²) in [5.74, 6) is 5.96. The normalized spacial score (nSPS) is 20.2. The van der Waals surface area contributed by atoms with Gasteiger partial charge in [0, 0.05) is 5.56 Å². The van der Waals surface area contributed by atoms with Gasteiger partial charge in [-0.2, -0.15) is 0 Å². The number of rotatable bonds is 0. The van der Waals surface area contributed by atoms with Gasteiger partial charge in [-0.3, -0.25) is 0 Å². The molecule has 1 aliphatic heterocycles. The van der Waals surface area contributed by atoms with E-state index < -0.39 is 0 Å². The number of hydrogen-bond acceptors (Lipinski definition) is 1. The van der Waals surface area contributed by atoms with Crippen molar-refractivity contribution in [3.05, 3.63) is 35.6 Å². The number of halogens is 1. The first-order valence-corrected chi connectivity index (χ1v) is 4.85. The molecule has 1 nitrogen and oxygen atoms in total. The van der Waals surface area contributed by atoms with E-state index in [-0.39, 0.29) is 5.82 Å². The zero-order valence-electron chi connectivity index (χ0n) is 7.89. The predicted octanol–water partition coefficient (Wildman–Crippen LogP) is 1.93. The third kappa shape index (κ3) is 2.34. The smallest absolute Gasteiger partial charge is 0.123 e. The molecule has 1 heterocycles. The van der Waals surface area contributed by atoms with Crippen LogP contribution in [0.5, 0.6) is 0 Å². The van der Waals surface area contributed by atoms with Crippen LogP contribution in [0.25, 0.3) is 0 Å². The van der Waals surface area contributed by atoms with Crippen LogP contribution in [0.2, 0.25) is 0 Å². The fourth-order valence-electron chi connectivity index (χ4n) is 1.51. The summed E-state index contributed by atoms with van der Waals surface area (Å²) in [7, 11) is 0. The minimum atomic E-state index is -0.213. The van der Waals surface area contributed by atoms with Crippen LogP contribution in [-0.4, -0.2) is 12.6 Å². The number of hydrogen-bond donors (Lipinski definition) is 1. The van der Waals surface area contributed by atoms with Crippen molar-refractivity contribution in [2.75, 3.05) is 6.54 Å². The van der Waals surface area contributed by atoms with Crippen LogP contribution in [0.15, 0.2) is 24.3 Å². The Kier molecular flexibility index (Phi) is 2.81. The van der Waals surface area contributed by atoms with Gasteiger partial charge in [0.2, 0.25) is 0 Å². The van der Waals surface area contributed by atoms with Gasteiger partial charge < -0.3 is 5.32 Å². The first-order chi connectivity index (χ1) is 6.84.